The maximum absolute atomic E-state index is 9.07. The van der Waals surface area contributed by atoms with Crippen LogP contribution >= 0.6 is 11.8 Å². The first kappa shape index (κ1) is 33.0. The van der Waals surface area contributed by atoms with Gasteiger partial charge in [0.1, 0.15) is 16.5 Å². The summed E-state index contributed by atoms with van der Waals surface area (Å²) in [4.78, 5) is 5.06. The summed E-state index contributed by atoms with van der Waals surface area (Å²) in [5, 5.41) is 30.3. The van der Waals surface area contributed by atoms with E-state index in [1.807, 2.05) is 36.6 Å². The Hall–Kier alpha value is -4.35. The fourth-order valence-electron chi connectivity index (χ4n) is 5.29. The molecule has 238 valence electrons. The minimum Gasteiger partial charge on any atom is -0.367 e. The van der Waals surface area contributed by atoms with Crippen LogP contribution in [0.15, 0.2) is 102 Å². The lowest BCUT2D eigenvalue weighted by atomic mass is 10.1. The van der Waals surface area contributed by atoms with Crippen molar-refractivity contribution < 1.29 is 5.21 Å². The van der Waals surface area contributed by atoms with E-state index in [1.54, 1.807) is 6.07 Å². The normalized spacial score (nSPS) is 13.5. The first-order valence-electron chi connectivity index (χ1n) is 15.5. The minimum absolute atomic E-state index is 0.561. The van der Waals surface area contributed by atoms with Crippen LogP contribution < -0.4 is 10.8 Å². The summed E-state index contributed by atoms with van der Waals surface area (Å²) < 4.78 is 0. The monoisotopic (exact) mass is 634 g/mol. The van der Waals surface area contributed by atoms with E-state index in [9.17, 15) is 0 Å². The Bertz CT molecular complexity index is 1650. The molecule has 0 saturated carbocycles. The Balaban J connectivity index is 0.000000219. The van der Waals surface area contributed by atoms with Crippen molar-refractivity contribution in [2.75, 3.05) is 56.3 Å². The zero-order chi connectivity index (χ0) is 32.1. The molecule has 0 radical (unpaired) electrons. The SMILES string of the molecule is CSc1cc(NO)c(-c2ccccc2)nn1.Cc1ccc(-c2nnc(NCCN3CCN(Cc4ccccc4)CC3)cc2C)cc1. The van der Waals surface area contributed by atoms with E-state index >= 15 is 0 Å². The molecule has 10 heteroatoms. The molecule has 0 amide bonds. The average molecular weight is 635 g/mol. The number of rotatable bonds is 10. The highest BCUT2D eigenvalue weighted by Gasteiger charge is 2.16. The topological polar surface area (TPSA) is 102 Å². The highest BCUT2D eigenvalue weighted by Crippen LogP contribution is 2.27. The Labute approximate surface area is 276 Å². The Morgan fingerprint density at radius 1 is 0.717 bits per heavy atom. The second kappa shape index (κ2) is 16.8. The lowest BCUT2D eigenvalue weighted by molar-refractivity contribution is 0.130. The second-order valence-corrected chi connectivity index (χ2v) is 12.1. The summed E-state index contributed by atoms with van der Waals surface area (Å²) in [7, 11) is 0. The number of aryl methyl sites for hydroxylation is 2. The van der Waals surface area contributed by atoms with Crippen LogP contribution in [-0.4, -0.2) is 80.9 Å². The fourth-order valence-corrected chi connectivity index (χ4v) is 5.65. The number of anilines is 2. The number of hydrogen-bond donors (Lipinski definition) is 3. The molecule has 2 aromatic heterocycles. The Morgan fingerprint density at radius 2 is 1.35 bits per heavy atom. The lowest BCUT2D eigenvalue weighted by Gasteiger charge is -2.34. The molecule has 6 rings (SSSR count). The molecule has 1 fully saturated rings. The van der Waals surface area contributed by atoms with Crippen LogP contribution in [0.4, 0.5) is 11.5 Å². The third-order valence-corrected chi connectivity index (χ3v) is 8.52. The van der Waals surface area contributed by atoms with Gasteiger partial charge < -0.3 is 5.32 Å². The van der Waals surface area contributed by atoms with Gasteiger partial charge in [-0.1, -0.05) is 90.5 Å². The van der Waals surface area contributed by atoms with Gasteiger partial charge in [0.2, 0.25) is 0 Å². The number of hydrogen-bond acceptors (Lipinski definition) is 10. The molecule has 0 aliphatic carbocycles. The molecule has 1 aliphatic rings. The second-order valence-electron chi connectivity index (χ2n) is 11.3. The summed E-state index contributed by atoms with van der Waals surface area (Å²) in [6, 6.07) is 32.7. The molecule has 1 aliphatic heterocycles. The van der Waals surface area contributed by atoms with Gasteiger partial charge in [0.05, 0.1) is 11.4 Å². The summed E-state index contributed by atoms with van der Waals surface area (Å²) >= 11 is 1.48. The maximum Gasteiger partial charge on any atom is 0.148 e. The van der Waals surface area contributed by atoms with Crippen molar-refractivity contribution in [1.29, 1.82) is 0 Å². The van der Waals surface area contributed by atoms with Crippen molar-refractivity contribution in [3.8, 4) is 22.5 Å². The maximum atomic E-state index is 9.07. The van der Waals surface area contributed by atoms with E-state index in [0.717, 1.165) is 79.0 Å². The fraction of sp³-hybridized carbons (Fsp3) is 0.278. The van der Waals surface area contributed by atoms with Crippen LogP contribution in [0.25, 0.3) is 22.5 Å². The Morgan fingerprint density at radius 3 is 2.00 bits per heavy atom. The largest absolute Gasteiger partial charge is 0.367 e. The number of benzene rings is 3. The van der Waals surface area contributed by atoms with Gasteiger partial charge >= 0.3 is 0 Å². The third kappa shape index (κ3) is 9.34. The highest BCUT2D eigenvalue weighted by atomic mass is 32.2. The summed E-state index contributed by atoms with van der Waals surface area (Å²) in [5.41, 5.74) is 10.1. The van der Waals surface area contributed by atoms with Crippen LogP contribution in [0.1, 0.15) is 16.7 Å². The van der Waals surface area contributed by atoms with Gasteiger partial charge in [-0.05, 0) is 43.4 Å². The van der Waals surface area contributed by atoms with Gasteiger partial charge in [0.25, 0.3) is 0 Å². The van der Waals surface area contributed by atoms with Crippen LogP contribution in [0.2, 0.25) is 0 Å². The van der Waals surface area contributed by atoms with Crippen molar-refractivity contribution in [3.05, 3.63) is 114 Å². The van der Waals surface area contributed by atoms with Gasteiger partial charge in [0.15, 0.2) is 0 Å². The minimum atomic E-state index is 0.561. The molecule has 46 heavy (non-hydrogen) atoms. The van der Waals surface area contributed by atoms with Crippen LogP contribution in [-0.2, 0) is 6.54 Å². The standard InChI is InChI=1S/C25H31N5.C11H11N3OS/c1-20-8-10-23(11-9-20)25-21(2)18-24(27-28-25)26-12-13-29-14-16-30(17-15-29)19-22-6-4-3-5-7-22;1-16-10-7-9(14-15)11(13-12-10)8-5-3-2-4-6-8/h3-11,18H,12-17,19H2,1-2H3,(H,26,27);2-7,15H,1H3,(H,12,14). The van der Waals surface area contributed by atoms with E-state index in [4.69, 9.17) is 5.21 Å². The van der Waals surface area contributed by atoms with Crippen LogP contribution in [0.3, 0.4) is 0 Å². The van der Waals surface area contributed by atoms with E-state index in [2.05, 4.69) is 116 Å². The first-order valence-corrected chi connectivity index (χ1v) is 16.8. The zero-order valence-electron chi connectivity index (χ0n) is 26.7. The van der Waals surface area contributed by atoms with Crippen molar-refractivity contribution in [3.63, 3.8) is 0 Å². The van der Waals surface area contributed by atoms with Crippen molar-refractivity contribution in [2.24, 2.45) is 0 Å². The third-order valence-electron chi connectivity index (χ3n) is 7.91. The summed E-state index contributed by atoms with van der Waals surface area (Å²) in [6.07, 6.45) is 1.91. The van der Waals surface area contributed by atoms with E-state index in [-0.39, 0.29) is 0 Å². The predicted octanol–water partition coefficient (Wildman–Crippen LogP) is 6.66. The van der Waals surface area contributed by atoms with Gasteiger partial charge in [-0.15, -0.1) is 32.2 Å². The smallest absolute Gasteiger partial charge is 0.148 e. The van der Waals surface area contributed by atoms with Gasteiger partial charge in [-0.3, -0.25) is 20.5 Å². The molecule has 3 aromatic carbocycles. The summed E-state index contributed by atoms with van der Waals surface area (Å²) in [5.74, 6) is 0.853. The number of aromatic nitrogens is 4. The van der Waals surface area contributed by atoms with E-state index in [0.29, 0.717) is 11.4 Å². The Kier molecular flexibility index (Phi) is 12.1. The first-order chi connectivity index (χ1) is 22.5. The number of nitrogens with zero attached hydrogens (tertiary/aromatic N) is 6. The highest BCUT2D eigenvalue weighted by molar-refractivity contribution is 7.98. The quantitative estimate of drug-likeness (QED) is 0.114. The average Bonchev–Trinajstić information content (AvgIpc) is 3.10. The molecule has 0 bridgehead atoms. The van der Waals surface area contributed by atoms with E-state index < -0.39 is 0 Å². The van der Waals surface area contributed by atoms with Gasteiger partial charge in [-0.2, -0.15) is 0 Å². The van der Waals surface area contributed by atoms with Crippen molar-refractivity contribution >= 4 is 23.3 Å². The van der Waals surface area contributed by atoms with E-state index in [1.165, 1.54) is 22.9 Å². The summed E-state index contributed by atoms with van der Waals surface area (Å²) in [6.45, 7) is 11.6. The van der Waals surface area contributed by atoms with Gasteiger partial charge in [0, 0.05) is 56.9 Å². The van der Waals surface area contributed by atoms with Crippen molar-refractivity contribution in [2.45, 2.75) is 25.4 Å². The molecule has 0 spiro atoms. The molecule has 5 aromatic rings. The van der Waals surface area contributed by atoms with Crippen LogP contribution in [0.5, 0.6) is 0 Å². The number of nitrogens with one attached hydrogen (secondary N) is 2. The lowest BCUT2D eigenvalue weighted by Crippen LogP contribution is -2.47. The zero-order valence-corrected chi connectivity index (χ0v) is 27.5. The molecule has 0 unspecified atom stereocenters. The van der Waals surface area contributed by atoms with Gasteiger partial charge in [-0.25, -0.2) is 0 Å². The molecule has 9 nitrogen and oxygen atoms in total. The number of piperazine rings is 1. The molecular formula is C36H42N8OS. The molecule has 0 atom stereocenters. The molecule has 3 heterocycles. The molecule has 3 N–H and O–H groups in total. The number of thioether (sulfide) groups is 1. The molecule has 1 saturated heterocycles. The molecular weight excluding hydrogens is 593 g/mol. The van der Waals surface area contributed by atoms with Crippen molar-refractivity contribution in [1.82, 2.24) is 30.2 Å². The predicted molar refractivity (Wildman–Crippen MR) is 188 cm³/mol. The van der Waals surface area contributed by atoms with Crippen LogP contribution in [0, 0.1) is 13.8 Å².